The number of rotatable bonds is 7. The predicted octanol–water partition coefficient (Wildman–Crippen LogP) is 3.31. The number of aliphatic imine (C=N–C) groups is 1. The molecule has 0 saturated carbocycles. The summed E-state index contributed by atoms with van der Waals surface area (Å²) in [5.74, 6) is 1.79. The molecule has 2 heterocycles. The Morgan fingerprint density at radius 3 is 2.81 bits per heavy atom. The highest BCUT2D eigenvalue weighted by molar-refractivity contribution is 14.0. The average Bonchev–Trinajstić information content (AvgIpc) is 3.19. The fourth-order valence-corrected chi connectivity index (χ4v) is 3.40. The Kier molecular flexibility index (Phi) is 9.53. The van der Waals surface area contributed by atoms with Gasteiger partial charge in [-0.05, 0) is 36.2 Å². The van der Waals surface area contributed by atoms with E-state index in [1.54, 1.807) is 31.4 Å². The first kappa shape index (κ1) is 24.9. The minimum Gasteiger partial charge on any atom is -0.433 e. The lowest BCUT2D eigenvalue weighted by molar-refractivity contribution is -0.0495. The van der Waals surface area contributed by atoms with Crippen molar-refractivity contribution in [2.75, 3.05) is 44.0 Å². The number of anilines is 2. The number of pyridine rings is 1. The van der Waals surface area contributed by atoms with E-state index < -0.39 is 6.61 Å². The molecule has 0 aliphatic carbocycles. The SMILES string of the molecule is CN=C(NCc1ccnc(N(C)C)c1)NC1CCN(c2ccccc2OC(F)F)C1.I. The molecule has 1 fully saturated rings. The standard InChI is InChI=1S/C21H28F2N6O.HI/c1-24-21(26-13-15-8-10-25-19(12-15)28(2)3)27-16-9-11-29(14-16)17-6-4-5-7-18(17)30-20(22)23;/h4-8,10,12,16,20H,9,11,13-14H2,1-3H3,(H2,24,26,27);1H. The van der Waals surface area contributed by atoms with Gasteiger partial charge in [0.25, 0.3) is 0 Å². The highest BCUT2D eigenvalue weighted by Crippen LogP contribution is 2.31. The second kappa shape index (κ2) is 11.9. The molecule has 10 heteroatoms. The number of halogens is 3. The molecule has 170 valence electrons. The van der Waals surface area contributed by atoms with Crippen LogP contribution in [0.2, 0.25) is 0 Å². The Morgan fingerprint density at radius 1 is 1.32 bits per heavy atom. The number of nitrogens with zero attached hydrogens (tertiary/aromatic N) is 4. The average molecular weight is 546 g/mol. The monoisotopic (exact) mass is 546 g/mol. The lowest BCUT2D eigenvalue weighted by Crippen LogP contribution is -2.44. The smallest absolute Gasteiger partial charge is 0.387 e. The van der Waals surface area contributed by atoms with Crippen molar-refractivity contribution >= 4 is 41.4 Å². The van der Waals surface area contributed by atoms with Crippen molar-refractivity contribution in [2.24, 2.45) is 4.99 Å². The van der Waals surface area contributed by atoms with Crippen LogP contribution in [0.4, 0.5) is 20.3 Å². The van der Waals surface area contributed by atoms with E-state index in [1.165, 1.54) is 0 Å². The molecule has 1 aromatic heterocycles. The van der Waals surface area contributed by atoms with Gasteiger partial charge in [0.15, 0.2) is 5.96 Å². The van der Waals surface area contributed by atoms with Crippen molar-refractivity contribution in [1.29, 1.82) is 0 Å². The summed E-state index contributed by atoms with van der Waals surface area (Å²) in [7, 11) is 5.64. The molecule has 2 aromatic rings. The molecule has 2 N–H and O–H groups in total. The van der Waals surface area contributed by atoms with Crippen LogP contribution in [0.3, 0.4) is 0 Å². The van der Waals surface area contributed by atoms with Crippen LogP contribution in [0, 0.1) is 0 Å². The minimum absolute atomic E-state index is 0. The van der Waals surface area contributed by atoms with E-state index in [0.717, 1.165) is 24.3 Å². The van der Waals surface area contributed by atoms with Crippen LogP contribution in [0.5, 0.6) is 5.75 Å². The summed E-state index contributed by atoms with van der Waals surface area (Å²) in [4.78, 5) is 12.6. The van der Waals surface area contributed by atoms with Crippen molar-refractivity contribution < 1.29 is 13.5 Å². The van der Waals surface area contributed by atoms with Gasteiger partial charge in [0.05, 0.1) is 5.69 Å². The molecule has 0 bridgehead atoms. The number of aromatic nitrogens is 1. The first-order valence-electron chi connectivity index (χ1n) is 9.84. The first-order valence-corrected chi connectivity index (χ1v) is 9.84. The lowest BCUT2D eigenvalue weighted by atomic mass is 10.2. The molecule has 31 heavy (non-hydrogen) atoms. The van der Waals surface area contributed by atoms with Gasteiger partial charge in [0.2, 0.25) is 0 Å². The lowest BCUT2D eigenvalue weighted by Gasteiger charge is -2.22. The maximum absolute atomic E-state index is 12.7. The maximum Gasteiger partial charge on any atom is 0.387 e. The molecular weight excluding hydrogens is 517 g/mol. The highest BCUT2D eigenvalue weighted by atomic mass is 127. The van der Waals surface area contributed by atoms with Crippen LogP contribution in [0.25, 0.3) is 0 Å². The molecule has 0 spiro atoms. The molecule has 1 saturated heterocycles. The second-order valence-corrected chi connectivity index (χ2v) is 7.26. The number of para-hydroxylation sites is 2. The van der Waals surface area contributed by atoms with Gasteiger partial charge in [0.1, 0.15) is 11.6 Å². The third kappa shape index (κ3) is 7.08. The number of hydrogen-bond acceptors (Lipinski definition) is 5. The van der Waals surface area contributed by atoms with Crippen molar-refractivity contribution in [3.63, 3.8) is 0 Å². The Morgan fingerprint density at radius 2 is 2.10 bits per heavy atom. The Labute approximate surface area is 198 Å². The Hall–Kier alpha value is -2.37. The van der Waals surface area contributed by atoms with Crippen LogP contribution in [-0.4, -0.2) is 57.8 Å². The van der Waals surface area contributed by atoms with E-state index in [4.69, 9.17) is 0 Å². The molecule has 3 rings (SSSR count). The van der Waals surface area contributed by atoms with Crippen molar-refractivity contribution in [3.05, 3.63) is 48.2 Å². The fourth-order valence-electron chi connectivity index (χ4n) is 3.40. The first-order chi connectivity index (χ1) is 14.5. The summed E-state index contributed by atoms with van der Waals surface area (Å²) < 4.78 is 30.1. The normalized spacial score (nSPS) is 16.1. The van der Waals surface area contributed by atoms with Crippen LogP contribution in [0.15, 0.2) is 47.6 Å². The molecule has 1 aliphatic heterocycles. The van der Waals surface area contributed by atoms with E-state index in [0.29, 0.717) is 24.7 Å². The maximum atomic E-state index is 12.7. The predicted molar refractivity (Wildman–Crippen MR) is 131 cm³/mol. The topological polar surface area (TPSA) is 65.0 Å². The molecule has 0 radical (unpaired) electrons. The summed E-state index contributed by atoms with van der Waals surface area (Å²) in [5.41, 5.74) is 1.78. The zero-order valence-electron chi connectivity index (χ0n) is 17.9. The summed E-state index contributed by atoms with van der Waals surface area (Å²) in [6.07, 6.45) is 2.65. The van der Waals surface area contributed by atoms with Gasteiger partial charge >= 0.3 is 6.61 Å². The number of ether oxygens (including phenoxy) is 1. The molecule has 1 aliphatic rings. The zero-order valence-corrected chi connectivity index (χ0v) is 20.2. The van der Waals surface area contributed by atoms with Crippen molar-refractivity contribution in [2.45, 2.75) is 25.6 Å². The number of hydrogen-bond donors (Lipinski definition) is 2. The second-order valence-electron chi connectivity index (χ2n) is 7.26. The van der Waals surface area contributed by atoms with E-state index in [1.807, 2.05) is 37.2 Å². The van der Waals surface area contributed by atoms with E-state index in [9.17, 15) is 8.78 Å². The number of nitrogens with one attached hydrogen (secondary N) is 2. The summed E-state index contributed by atoms with van der Waals surface area (Å²) in [6, 6.07) is 11.0. The van der Waals surface area contributed by atoms with Gasteiger partial charge in [-0.2, -0.15) is 8.78 Å². The van der Waals surface area contributed by atoms with Gasteiger partial charge < -0.3 is 25.2 Å². The van der Waals surface area contributed by atoms with Crippen LogP contribution < -0.4 is 25.2 Å². The van der Waals surface area contributed by atoms with Crippen LogP contribution in [-0.2, 0) is 6.54 Å². The molecule has 7 nitrogen and oxygen atoms in total. The van der Waals surface area contributed by atoms with Crippen molar-refractivity contribution in [3.8, 4) is 5.75 Å². The van der Waals surface area contributed by atoms with Crippen LogP contribution >= 0.6 is 24.0 Å². The number of benzene rings is 1. The fraction of sp³-hybridized carbons (Fsp3) is 0.429. The van der Waals surface area contributed by atoms with Gasteiger partial charge in [-0.25, -0.2) is 4.98 Å². The Bertz CT molecular complexity index is 867. The third-order valence-corrected chi connectivity index (χ3v) is 4.90. The number of guanidine groups is 1. The van der Waals surface area contributed by atoms with Gasteiger partial charge in [0, 0.05) is 53.0 Å². The minimum atomic E-state index is -2.84. The van der Waals surface area contributed by atoms with Crippen molar-refractivity contribution in [1.82, 2.24) is 15.6 Å². The highest BCUT2D eigenvalue weighted by Gasteiger charge is 2.26. The van der Waals surface area contributed by atoms with Gasteiger partial charge in [-0.3, -0.25) is 4.99 Å². The summed E-state index contributed by atoms with van der Waals surface area (Å²) in [5, 5.41) is 6.74. The zero-order chi connectivity index (χ0) is 21.5. The molecule has 0 amide bonds. The molecular formula is C21H29F2IN6O. The number of alkyl halides is 2. The molecule has 1 aromatic carbocycles. The van der Waals surface area contributed by atoms with Gasteiger partial charge in [-0.15, -0.1) is 24.0 Å². The van der Waals surface area contributed by atoms with Crippen LogP contribution in [0.1, 0.15) is 12.0 Å². The largest absolute Gasteiger partial charge is 0.433 e. The summed E-state index contributed by atoms with van der Waals surface area (Å²) in [6.45, 7) is -0.809. The van der Waals surface area contributed by atoms with E-state index >= 15 is 0 Å². The summed E-state index contributed by atoms with van der Waals surface area (Å²) >= 11 is 0. The van der Waals surface area contributed by atoms with Gasteiger partial charge in [-0.1, -0.05) is 12.1 Å². The quantitative estimate of drug-likeness (QED) is 0.316. The molecule has 1 atom stereocenters. The Balaban J connectivity index is 0.00000341. The third-order valence-electron chi connectivity index (χ3n) is 4.90. The molecule has 1 unspecified atom stereocenters. The van der Waals surface area contributed by atoms with E-state index in [2.05, 4.69) is 30.2 Å². The van der Waals surface area contributed by atoms with E-state index in [-0.39, 0.29) is 35.8 Å².